The zero-order chi connectivity index (χ0) is 16.5. The molecule has 0 spiro atoms. The number of aryl methyl sites for hydroxylation is 1. The van der Waals surface area contributed by atoms with Gasteiger partial charge in [-0.3, -0.25) is 0 Å². The molecule has 0 bridgehead atoms. The molecule has 0 fully saturated rings. The number of imidazole rings is 1. The van der Waals surface area contributed by atoms with Gasteiger partial charge < -0.3 is 9.40 Å². The van der Waals surface area contributed by atoms with Crippen molar-refractivity contribution in [3.8, 4) is 11.5 Å². The van der Waals surface area contributed by atoms with Crippen LogP contribution in [0, 0.1) is 6.92 Å². The molecule has 0 aliphatic rings. The number of hydrogen-bond donors (Lipinski definition) is 1. The third-order valence-corrected chi connectivity index (χ3v) is 4.71. The van der Waals surface area contributed by atoms with Gasteiger partial charge in [-0.2, -0.15) is 0 Å². The van der Waals surface area contributed by atoms with Crippen molar-refractivity contribution in [2.24, 2.45) is 0 Å². The topological polar surface area (TPSA) is 67.6 Å². The predicted octanol–water partition coefficient (Wildman–Crippen LogP) is 4.77. The van der Waals surface area contributed by atoms with Gasteiger partial charge in [-0.25, -0.2) is 4.98 Å². The summed E-state index contributed by atoms with van der Waals surface area (Å²) in [6, 6.07) is 16.0. The van der Waals surface area contributed by atoms with Crippen molar-refractivity contribution >= 4 is 22.8 Å². The summed E-state index contributed by atoms with van der Waals surface area (Å²) in [6.45, 7) is 4.08. The van der Waals surface area contributed by atoms with E-state index in [4.69, 9.17) is 4.42 Å². The maximum atomic E-state index is 5.83. The fourth-order valence-corrected chi connectivity index (χ4v) is 3.27. The van der Waals surface area contributed by atoms with Crippen LogP contribution < -0.4 is 0 Å². The molecule has 120 valence electrons. The quantitative estimate of drug-likeness (QED) is 0.543. The van der Waals surface area contributed by atoms with Crippen LogP contribution in [0.5, 0.6) is 0 Å². The number of thioether (sulfide) groups is 1. The lowest BCUT2D eigenvalue weighted by atomic mass is 10.1. The minimum atomic E-state index is 0.0114. The molecule has 6 heteroatoms. The summed E-state index contributed by atoms with van der Waals surface area (Å²) in [5, 5.41) is 9.20. The van der Waals surface area contributed by atoms with Gasteiger partial charge in [0.1, 0.15) is 0 Å². The van der Waals surface area contributed by atoms with Crippen molar-refractivity contribution < 1.29 is 4.42 Å². The van der Waals surface area contributed by atoms with Gasteiger partial charge in [0.15, 0.2) is 5.16 Å². The minimum absolute atomic E-state index is 0.0114. The molecule has 0 aliphatic heterocycles. The summed E-state index contributed by atoms with van der Waals surface area (Å²) >= 11 is 1.57. The SMILES string of the molecule is Cc1ccc(-c2nnc(C(C)Sc3nc4ccccc4[nH]3)o2)cc1. The second-order valence-corrected chi connectivity index (χ2v) is 6.96. The number of hydrogen-bond acceptors (Lipinski definition) is 5. The van der Waals surface area contributed by atoms with Crippen molar-refractivity contribution in [3.63, 3.8) is 0 Å². The van der Waals surface area contributed by atoms with Crippen LogP contribution in [0.1, 0.15) is 23.6 Å². The van der Waals surface area contributed by atoms with E-state index in [0.717, 1.165) is 21.8 Å². The Balaban J connectivity index is 1.54. The highest BCUT2D eigenvalue weighted by atomic mass is 32.2. The lowest BCUT2D eigenvalue weighted by Gasteiger charge is -2.03. The zero-order valence-corrected chi connectivity index (χ0v) is 14.2. The number of para-hydroxylation sites is 2. The molecule has 2 aromatic heterocycles. The van der Waals surface area contributed by atoms with Crippen LogP contribution in [0.2, 0.25) is 0 Å². The Morgan fingerprint density at radius 3 is 2.62 bits per heavy atom. The lowest BCUT2D eigenvalue weighted by Crippen LogP contribution is -1.89. The normalized spacial score (nSPS) is 12.6. The Labute approximate surface area is 143 Å². The third-order valence-electron chi connectivity index (χ3n) is 3.74. The number of aromatic amines is 1. The van der Waals surface area contributed by atoms with Crippen LogP contribution in [-0.2, 0) is 0 Å². The lowest BCUT2D eigenvalue weighted by molar-refractivity contribution is 0.509. The molecule has 1 N–H and O–H groups in total. The highest BCUT2D eigenvalue weighted by molar-refractivity contribution is 7.99. The van der Waals surface area contributed by atoms with Crippen LogP contribution in [0.4, 0.5) is 0 Å². The smallest absolute Gasteiger partial charge is 0.247 e. The molecule has 2 heterocycles. The molecule has 0 radical (unpaired) electrons. The number of rotatable bonds is 4. The van der Waals surface area contributed by atoms with Gasteiger partial charge in [-0.05, 0) is 38.1 Å². The number of nitrogens with zero attached hydrogens (tertiary/aromatic N) is 3. The van der Waals surface area contributed by atoms with Gasteiger partial charge in [0.05, 0.1) is 16.3 Å². The average molecular weight is 336 g/mol. The van der Waals surface area contributed by atoms with Crippen LogP contribution in [0.3, 0.4) is 0 Å². The van der Waals surface area contributed by atoms with E-state index in [1.165, 1.54) is 5.56 Å². The standard InChI is InChI=1S/C18H16N4OS/c1-11-7-9-13(10-8-11)17-22-21-16(23-17)12(2)24-18-19-14-5-3-4-6-15(14)20-18/h3-10,12H,1-2H3,(H,19,20). The maximum absolute atomic E-state index is 5.83. The van der Waals surface area contributed by atoms with Crippen molar-refractivity contribution in [3.05, 3.63) is 60.0 Å². The van der Waals surface area contributed by atoms with E-state index in [2.05, 4.69) is 27.1 Å². The predicted molar refractivity (Wildman–Crippen MR) is 94.8 cm³/mol. The van der Waals surface area contributed by atoms with E-state index in [1.807, 2.05) is 55.5 Å². The first-order chi connectivity index (χ1) is 11.7. The Kier molecular flexibility index (Phi) is 3.82. The van der Waals surface area contributed by atoms with Crippen LogP contribution in [0.15, 0.2) is 58.1 Å². The number of nitrogens with one attached hydrogen (secondary N) is 1. The average Bonchev–Trinajstić information content (AvgIpc) is 3.21. The first kappa shape index (κ1) is 15.0. The Morgan fingerprint density at radius 1 is 1.04 bits per heavy atom. The molecule has 0 aliphatic carbocycles. The summed E-state index contributed by atoms with van der Waals surface area (Å²) in [5.74, 6) is 1.14. The molecule has 1 unspecified atom stereocenters. The summed E-state index contributed by atoms with van der Waals surface area (Å²) in [5.41, 5.74) is 4.11. The third kappa shape index (κ3) is 2.92. The second-order valence-electron chi connectivity index (χ2n) is 5.63. The van der Waals surface area contributed by atoms with Crippen molar-refractivity contribution in [2.75, 3.05) is 0 Å². The van der Waals surface area contributed by atoms with E-state index in [9.17, 15) is 0 Å². The van der Waals surface area contributed by atoms with E-state index < -0.39 is 0 Å². The van der Waals surface area contributed by atoms with Crippen molar-refractivity contribution in [1.29, 1.82) is 0 Å². The minimum Gasteiger partial charge on any atom is -0.419 e. The van der Waals surface area contributed by atoms with Crippen LogP contribution in [-0.4, -0.2) is 20.2 Å². The fourth-order valence-electron chi connectivity index (χ4n) is 2.41. The molecule has 0 saturated heterocycles. The largest absolute Gasteiger partial charge is 0.419 e. The Morgan fingerprint density at radius 2 is 1.83 bits per heavy atom. The zero-order valence-electron chi connectivity index (χ0n) is 13.4. The number of fused-ring (bicyclic) bond motifs is 1. The van der Waals surface area contributed by atoms with Crippen LogP contribution in [0.25, 0.3) is 22.5 Å². The Bertz CT molecular complexity index is 941. The first-order valence-electron chi connectivity index (χ1n) is 7.71. The van der Waals surface area contributed by atoms with Gasteiger partial charge in [0.2, 0.25) is 11.8 Å². The molecule has 4 rings (SSSR count). The van der Waals surface area contributed by atoms with E-state index in [1.54, 1.807) is 11.8 Å². The first-order valence-corrected chi connectivity index (χ1v) is 8.59. The summed E-state index contributed by atoms with van der Waals surface area (Å²) in [6.07, 6.45) is 0. The highest BCUT2D eigenvalue weighted by Crippen LogP contribution is 2.34. The van der Waals surface area contributed by atoms with Crippen molar-refractivity contribution in [1.82, 2.24) is 20.2 Å². The van der Waals surface area contributed by atoms with Gasteiger partial charge in [0.25, 0.3) is 0 Å². The van der Waals surface area contributed by atoms with E-state index in [0.29, 0.717) is 11.8 Å². The molecule has 4 aromatic rings. The summed E-state index contributed by atoms with van der Waals surface area (Å²) in [7, 11) is 0. The molecule has 5 nitrogen and oxygen atoms in total. The van der Waals surface area contributed by atoms with Crippen molar-refractivity contribution in [2.45, 2.75) is 24.3 Å². The molecule has 2 aromatic carbocycles. The van der Waals surface area contributed by atoms with Gasteiger partial charge in [-0.15, -0.1) is 10.2 Å². The molecule has 0 amide bonds. The fraction of sp³-hybridized carbons (Fsp3) is 0.167. The Hall–Kier alpha value is -2.60. The molecule has 24 heavy (non-hydrogen) atoms. The molecular weight excluding hydrogens is 320 g/mol. The molecule has 0 saturated carbocycles. The monoisotopic (exact) mass is 336 g/mol. The van der Waals surface area contributed by atoms with Gasteiger partial charge >= 0.3 is 0 Å². The number of aromatic nitrogens is 4. The second kappa shape index (κ2) is 6.13. The number of H-pyrrole nitrogens is 1. The van der Waals surface area contributed by atoms with Gasteiger partial charge in [-0.1, -0.05) is 41.6 Å². The maximum Gasteiger partial charge on any atom is 0.247 e. The molecular formula is C18H16N4OS. The van der Waals surface area contributed by atoms with E-state index >= 15 is 0 Å². The highest BCUT2D eigenvalue weighted by Gasteiger charge is 2.18. The summed E-state index contributed by atoms with van der Waals surface area (Å²) < 4.78 is 5.83. The van der Waals surface area contributed by atoms with E-state index in [-0.39, 0.29) is 5.25 Å². The van der Waals surface area contributed by atoms with Gasteiger partial charge in [0, 0.05) is 5.56 Å². The summed E-state index contributed by atoms with van der Waals surface area (Å²) in [4.78, 5) is 7.87. The van der Waals surface area contributed by atoms with Crippen LogP contribution >= 0.6 is 11.8 Å². The molecule has 1 atom stereocenters. The number of benzene rings is 2.